The van der Waals surface area contributed by atoms with Crippen LogP contribution in [0, 0.1) is 5.41 Å². The first-order chi connectivity index (χ1) is 17.6. The van der Waals surface area contributed by atoms with Gasteiger partial charge in [0.15, 0.2) is 5.78 Å². The number of Topliss-reactive ketones (excluding diaryl/α,β-unsaturated/α-hetero) is 1. The van der Waals surface area contributed by atoms with E-state index >= 15 is 0 Å². The largest absolute Gasteiger partial charge is 0.369 e. The number of nitrogens with one attached hydrogen (secondary N) is 1. The molecular weight excluding hydrogens is 474 g/mol. The molecular formula is C26H37N7O4. The van der Waals surface area contributed by atoms with E-state index in [1.165, 1.54) is 4.90 Å². The van der Waals surface area contributed by atoms with Crippen LogP contribution in [-0.4, -0.2) is 97.5 Å². The number of benzene rings is 1. The maximum atomic E-state index is 13.7. The number of likely N-dealkylation sites (tertiary alicyclic amines) is 1. The van der Waals surface area contributed by atoms with Crippen LogP contribution in [0.15, 0.2) is 29.4 Å². The Morgan fingerprint density at radius 2 is 1.86 bits per heavy atom. The second-order valence-corrected chi connectivity index (χ2v) is 11.1. The first-order valence-corrected chi connectivity index (χ1v) is 13.0. The van der Waals surface area contributed by atoms with Crippen LogP contribution >= 0.6 is 0 Å². The smallest absolute Gasteiger partial charge is 0.251 e. The zero-order valence-corrected chi connectivity index (χ0v) is 22.1. The molecule has 1 aromatic carbocycles. The summed E-state index contributed by atoms with van der Waals surface area (Å²) in [5, 5.41) is 6.64. The quantitative estimate of drug-likeness (QED) is 0.339. The van der Waals surface area contributed by atoms with Gasteiger partial charge in [-0.2, -0.15) is 0 Å². The predicted molar refractivity (Wildman–Crippen MR) is 139 cm³/mol. The van der Waals surface area contributed by atoms with Crippen molar-refractivity contribution in [2.24, 2.45) is 10.5 Å². The topological polar surface area (TPSA) is 131 Å². The van der Waals surface area contributed by atoms with Crippen molar-refractivity contribution in [3.8, 4) is 0 Å². The lowest BCUT2D eigenvalue weighted by Crippen LogP contribution is -2.57. The highest BCUT2D eigenvalue weighted by atomic mass is 16.5. The molecule has 0 saturated carbocycles. The summed E-state index contributed by atoms with van der Waals surface area (Å²) in [6.07, 6.45) is 0.499. The number of azide groups is 1. The van der Waals surface area contributed by atoms with Crippen LogP contribution in [0.5, 0.6) is 0 Å². The summed E-state index contributed by atoms with van der Waals surface area (Å²) in [6.45, 7) is 12.8. The lowest BCUT2D eigenvalue weighted by Gasteiger charge is -2.36. The Morgan fingerprint density at radius 1 is 1.19 bits per heavy atom. The van der Waals surface area contributed by atoms with Gasteiger partial charge in [-0.3, -0.25) is 19.3 Å². The average Bonchev–Trinajstić information content (AvgIpc) is 3.43. The normalized spacial score (nSPS) is 25.0. The first kappa shape index (κ1) is 26.9. The lowest BCUT2D eigenvalue weighted by molar-refractivity contribution is -0.140. The van der Waals surface area contributed by atoms with Crippen LogP contribution in [0.4, 0.5) is 5.69 Å². The molecule has 0 unspecified atom stereocenters. The molecule has 200 valence electrons. The van der Waals surface area contributed by atoms with Gasteiger partial charge in [-0.05, 0) is 48.2 Å². The van der Waals surface area contributed by atoms with Gasteiger partial charge in [-0.25, -0.2) is 0 Å². The SMILES string of the molecule is CCCN1CCN(c2ccc(C(=O)N[C@H](C(=O)N3C[C@H](N=[N+]=[N-])[C@H]4OCC(=O)[C@H]43)C(C)(C)C)cc2)CC1. The minimum absolute atomic E-state index is 0.0760. The number of amides is 2. The molecule has 0 bridgehead atoms. The Kier molecular flexibility index (Phi) is 8.06. The fourth-order valence-electron chi connectivity index (χ4n) is 5.42. The van der Waals surface area contributed by atoms with Crippen LogP contribution in [0.25, 0.3) is 10.4 Å². The molecule has 0 spiro atoms. The van der Waals surface area contributed by atoms with Crippen LogP contribution in [-0.2, 0) is 14.3 Å². The Labute approximate surface area is 217 Å². The molecule has 3 aliphatic rings. The van der Waals surface area contributed by atoms with E-state index in [9.17, 15) is 14.4 Å². The number of carbonyl (C=O) groups is 3. The summed E-state index contributed by atoms with van der Waals surface area (Å²) in [5.41, 5.74) is 9.82. The molecule has 1 N–H and O–H groups in total. The van der Waals surface area contributed by atoms with Gasteiger partial charge < -0.3 is 19.9 Å². The van der Waals surface area contributed by atoms with Crippen molar-refractivity contribution in [3.05, 3.63) is 40.3 Å². The van der Waals surface area contributed by atoms with Crippen LogP contribution < -0.4 is 10.2 Å². The number of ketones is 1. The van der Waals surface area contributed by atoms with Crippen LogP contribution in [0.3, 0.4) is 0 Å². The van der Waals surface area contributed by atoms with E-state index in [-0.39, 0.29) is 30.7 Å². The average molecular weight is 512 g/mol. The van der Waals surface area contributed by atoms with Crippen molar-refractivity contribution in [2.75, 3.05) is 50.8 Å². The van der Waals surface area contributed by atoms with E-state index in [1.54, 1.807) is 12.1 Å². The van der Waals surface area contributed by atoms with Crippen molar-refractivity contribution in [1.82, 2.24) is 15.1 Å². The molecule has 3 saturated heterocycles. The fourth-order valence-corrected chi connectivity index (χ4v) is 5.42. The van der Waals surface area contributed by atoms with Gasteiger partial charge in [0.1, 0.15) is 18.7 Å². The van der Waals surface area contributed by atoms with Crippen molar-refractivity contribution in [1.29, 1.82) is 0 Å². The highest BCUT2D eigenvalue weighted by Gasteiger charge is 2.53. The summed E-state index contributed by atoms with van der Waals surface area (Å²) in [6, 6.07) is 5.13. The van der Waals surface area contributed by atoms with E-state index in [1.807, 2.05) is 32.9 Å². The third-order valence-corrected chi connectivity index (χ3v) is 7.44. The maximum Gasteiger partial charge on any atom is 0.251 e. The van der Waals surface area contributed by atoms with Gasteiger partial charge >= 0.3 is 0 Å². The predicted octanol–water partition coefficient (Wildman–Crippen LogP) is 2.22. The Hall–Kier alpha value is -3.14. The number of nitrogens with zero attached hydrogens (tertiary/aromatic N) is 6. The second-order valence-electron chi connectivity index (χ2n) is 11.1. The fraction of sp³-hybridized carbons (Fsp3) is 0.654. The molecule has 2 amide bonds. The Balaban J connectivity index is 1.45. The van der Waals surface area contributed by atoms with E-state index in [2.05, 4.69) is 32.1 Å². The molecule has 3 fully saturated rings. The molecule has 0 aromatic heterocycles. The number of carbonyl (C=O) groups excluding carboxylic acids is 3. The second kappa shape index (κ2) is 11.1. The number of fused-ring (bicyclic) bond motifs is 1. The molecule has 4 rings (SSSR count). The van der Waals surface area contributed by atoms with E-state index in [0.29, 0.717) is 5.56 Å². The summed E-state index contributed by atoms with van der Waals surface area (Å²) in [7, 11) is 0. The molecule has 0 radical (unpaired) electrons. The van der Waals surface area contributed by atoms with Crippen LogP contribution in [0.2, 0.25) is 0 Å². The number of piperazine rings is 1. The summed E-state index contributed by atoms with van der Waals surface area (Å²) >= 11 is 0. The molecule has 3 aliphatic heterocycles. The zero-order valence-electron chi connectivity index (χ0n) is 22.1. The number of rotatable bonds is 7. The first-order valence-electron chi connectivity index (χ1n) is 13.0. The van der Waals surface area contributed by atoms with Crippen molar-refractivity contribution >= 4 is 23.3 Å². The Morgan fingerprint density at radius 3 is 2.46 bits per heavy atom. The summed E-state index contributed by atoms with van der Waals surface area (Å²) in [5.74, 6) is -0.963. The number of anilines is 1. The minimum atomic E-state index is -0.884. The van der Waals surface area contributed by atoms with Gasteiger partial charge in [0, 0.05) is 48.9 Å². The number of hydrogen-bond acceptors (Lipinski definition) is 7. The molecule has 37 heavy (non-hydrogen) atoms. The summed E-state index contributed by atoms with van der Waals surface area (Å²) in [4.78, 5) is 48.5. The van der Waals surface area contributed by atoms with Gasteiger partial charge in [-0.15, -0.1) is 0 Å². The molecule has 0 aliphatic carbocycles. The van der Waals surface area contributed by atoms with Crippen molar-refractivity contribution < 1.29 is 19.1 Å². The number of hydrogen-bond donors (Lipinski definition) is 1. The minimum Gasteiger partial charge on any atom is -0.369 e. The zero-order chi connectivity index (χ0) is 26.7. The molecule has 11 heteroatoms. The molecule has 4 atom stereocenters. The lowest BCUT2D eigenvalue weighted by atomic mass is 9.85. The molecule has 11 nitrogen and oxygen atoms in total. The molecule has 1 aromatic rings. The third-order valence-electron chi connectivity index (χ3n) is 7.44. The van der Waals surface area contributed by atoms with Gasteiger partial charge in [0.05, 0.1) is 12.1 Å². The summed E-state index contributed by atoms with van der Waals surface area (Å²) < 4.78 is 5.53. The van der Waals surface area contributed by atoms with Crippen molar-refractivity contribution in [2.45, 2.75) is 58.3 Å². The van der Waals surface area contributed by atoms with Crippen molar-refractivity contribution in [3.63, 3.8) is 0 Å². The molecule has 3 heterocycles. The Bertz CT molecular complexity index is 1060. The van der Waals surface area contributed by atoms with Gasteiger partial charge in [-0.1, -0.05) is 32.8 Å². The van der Waals surface area contributed by atoms with E-state index in [4.69, 9.17) is 10.3 Å². The van der Waals surface area contributed by atoms with Crippen LogP contribution in [0.1, 0.15) is 44.5 Å². The monoisotopic (exact) mass is 511 g/mol. The van der Waals surface area contributed by atoms with E-state index in [0.717, 1.165) is 44.8 Å². The van der Waals surface area contributed by atoms with E-state index < -0.39 is 29.6 Å². The number of ether oxygens (including phenoxy) is 1. The third kappa shape index (κ3) is 5.74. The standard InChI is InChI=1S/C26H37N7O4/c1-5-10-31-11-13-32(14-12-31)18-8-6-17(7-9-18)24(35)28-23(26(2,3)4)25(36)33-15-19(29-30-27)22-21(33)20(34)16-37-22/h6-9,19,21-23H,5,10-16H2,1-4H3,(H,28,35)/t19-,21+,22+,23+/m0/s1. The highest BCUT2D eigenvalue weighted by molar-refractivity contribution is 5.99. The highest BCUT2D eigenvalue weighted by Crippen LogP contribution is 2.32. The van der Waals surface area contributed by atoms with Gasteiger partial charge in [0.2, 0.25) is 5.91 Å². The van der Waals surface area contributed by atoms with Gasteiger partial charge in [0.25, 0.3) is 5.91 Å². The maximum absolute atomic E-state index is 13.7.